The molecule has 0 aromatic rings. The Balaban J connectivity index is 1.60. The van der Waals surface area contributed by atoms with Gasteiger partial charge in [-0.05, 0) is 33.4 Å². The van der Waals surface area contributed by atoms with E-state index in [1.807, 2.05) is 19.0 Å². The van der Waals surface area contributed by atoms with Crippen molar-refractivity contribution in [1.82, 2.24) is 15.5 Å². The van der Waals surface area contributed by atoms with E-state index in [0.29, 0.717) is 19.5 Å². The van der Waals surface area contributed by atoms with Crippen LogP contribution in [0.5, 0.6) is 0 Å². The SMILES string of the molecule is CN(C)CCNC(=O)C1CC1C(=O)NCC1CCCO1. The van der Waals surface area contributed by atoms with Gasteiger partial charge in [0.15, 0.2) is 0 Å². The Hall–Kier alpha value is -1.14. The Labute approximate surface area is 120 Å². The van der Waals surface area contributed by atoms with Crippen LogP contribution >= 0.6 is 0 Å². The van der Waals surface area contributed by atoms with Crippen LogP contribution in [0.2, 0.25) is 0 Å². The average Bonchev–Trinajstić information content (AvgIpc) is 3.04. The predicted molar refractivity (Wildman–Crippen MR) is 75.1 cm³/mol. The maximum Gasteiger partial charge on any atom is 0.224 e. The van der Waals surface area contributed by atoms with Crippen LogP contribution in [0.25, 0.3) is 0 Å². The van der Waals surface area contributed by atoms with Crippen molar-refractivity contribution in [1.29, 1.82) is 0 Å². The normalized spacial score (nSPS) is 28.4. The van der Waals surface area contributed by atoms with Crippen molar-refractivity contribution < 1.29 is 14.3 Å². The maximum absolute atomic E-state index is 11.9. The van der Waals surface area contributed by atoms with Gasteiger partial charge in [-0.2, -0.15) is 0 Å². The summed E-state index contributed by atoms with van der Waals surface area (Å²) in [5.41, 5.74) is 0. The maximum atomic E-state index is 11.9. The molecule has 0 aromatic heterocycles. The van der Waals surface area contributed by atoms with E-state index in [2.05, 4.69) is 10.6 Å². The first-order chi connectivity index (χ1) is 9.58. The molecule has 1 aliphatic carbocycles. The molecular formula is C14H25N3O3. The van der Waals surface area contributed by atoms with Crippen LogP contribution < -0.4 is 10.6 Å². The molecule has 1 saturated heterocycles. The van der Waals surface area contributed by atoms with Crippen molar-refractivity contribution in [3.63, 3.8) is 0 Å². The van der Waals surface area contributed by atoms with Crippen LogP contribution in [0.4, 0.5) is 0 Å². The highest BCUT2D eigenvalue weighted by Crippen LogP contribution is 2.38. The van der Waals surface area contributed by atoms with E-state index in [4.69, 9.17) is 4.74 Å². The van der Waals surface area contributed by atoms with Gasteiger partial charge in [0.25, 0.3) is 0 Å². The molecule has 3 unspecified atom stereocenters. The minimum atomic E-state index is -0.143. The zero-order valence-corrected chi connectivity index (χ0v) is 12.4. The van der Waals surface area contributed by atoms with Gasteiger partial charge in [-0.1, -0.05) is 0 Å². The van der Waals surface area contributed by atoms with Crippen molar-refractivity contribution in [2.75, 3.05) is 40.3 Å². The van der Waals surface area contributed by atoms with Crippen LogP contribution in [-0.2, 0) is 14.3 Å². The van der Waals surface area contributed by atoms with E-state index >= 15 is 0 Å². The minimum Gasteiger partial charge on any atom is -0.376 e. The second kappa shape index (κ2) is 7.04. The summed E-state index contributed by atoms with van der Waals surface area (Å²) in [5.74, 6) is -0.283. The predicted octanol–water partition coefficient (Wildman–Crippen LogP) is -0.404. The average molecular weight is 283 g/mol. The molecule has 2 rings (SSSR count). The Kier molecular flexibility index (Phi) is 5.37. The summed E-state index contributed by atoms with van der Waals surface area (Å²) >= 11 is 0. The summed E-state index contributed by atoms with van der Waals surface area (Å²) in [6.45, 7) is 2.81. The Morgan fingerprint density at radius 1 is 1.20 bits per heavy atom. The Bertz CT molecular complexity index is 354. The molecule has 6 nitrogen and oxygen atoms in total. The van der Waals surface area contributed by atoms with Crippen LogP contribution in [0.15, 0.2) is 0 Å². The minimum absolute atomic E-state index is 0.00381. The smallest absolute Gasteiger partial charge is 0.224 e. The number of carbonyl (C=O) groups is 2. The fraction of sp³-hybridized carbons (Fsp3) is 0.857. The van der Waals surface area contributed by atoms with Crippen LogP contribution in [0.1, 0.15) is 19.3 Å². The highest BCUT2D eigenvalue weighted by Gasteiger charge is 2.47. The number of rotatable bonds is 7. The molecule has 0 bridgehead atoms. The Morgan fingerprint density at radius 2 is 1.90 bits per heavy atom. The third-order valence-corrected chi connectivity index (χ3v) is 3.85. The number of nitrogens with zero attached hydrogens (tertiary/aromatic N) is 1. The van der Waals surface area contributed by atoms with Gasteiger partial charge in [-0.15, -0.1) is 0 Å². The van der Waals surface area contributed by atoms with Gasteiger partial charge >= 0.3 is 0 Å². The molecule has 114 valence electrons. The first kappa shape index (κ1) is 15.3. The number of nitrogens with one attached hydrogen (secondary N) is 2. The van der Waals surface area contributed by atoms with Crippen molar-refractivity contribution in [2.45, 2.75) is 25.4 Å². The lowest BCUT2D eigenvalue weighted by Crippen LogP contribution is -2.36. The van der Waals surface area contributed by atoms with Crippen LogP contribution in [0, 0.1) is 11.8 Å². The zero-order chi connectivity index (χ0) is 14.5. The van der Waals surface area contributed by atoms with Crippen LogP contribution in [-0.4, -0.2) is 63.2 Å². The largest absolute Gasteiger partial charge is 0.376 e. The molecule has 3 atom stereocenters. The third-order valence-electron chi connectivity index (χ3n) is 3.85. The van der Waals surface area contributed by atoms with E-state index in [1.165, 1.54) is 0 Å². The summed E-state index contributed by atoms with van der Waals surface area (Å²) in [5, 5.41) is 5.77. The van der Waals surface area contributed by atoms with E-state index in [-0.39, 0.29) is 29.8 Å². The number of hydrogen-bond donors (Lipinski definition) is 2. The van der Waals surface area contributed by atoms with Gasteiger partial charge in [0.05, 0.1) is 17.9 Å². The van der Waals surface area contributed by atoms with Gasteiger partial charge in [-0.3, -0.25) is 9.59 Å². The topological polar surface area (TPSA) is 70.7 Å². The number of carbonyl (C=O) groups excluding carboxylic acids is 2. The summed E-state index contributed by atoms with van der Waals surface area (Å²) < 4.78 is 5.45. The molecule has 0 aromatic carbocycles. The second-order valence-corrected chi connectivity index (χ2v) is 5.92. The molecule has 20 heavy (non-hydrogen) atoms. The highest BCUT2D eigenvalue weighted by molar-refractivity contribution is 5.92. The first-order valence-corrected chi connectivity index (χ1v) is 7.39. The van der Waals surface area contributed by atoms with E-state index in [0.717, 1.165) is 26.0 Å². The molecule has 2 fully saturated rings. The molecule has 6 heteroatoms. The molecule has 0 radical (unpaired) electrons. The lowest BCUT2D eigenvalue weighted by molar-refractivity contribution is -0.127. The van der Waals surface area contributed by atoms with E-state index < -0.39 is 0 Å². The van der Waals surface area contributed by atoms with Gasteiger partial charge in [0, 0.05) is 26.2 Å². The summed E-state index contributed by atoms with van der Waals surface area (Å²) in [6.07, 6.45) is 2.91. The first-order valence-electron chi connectivity index (χ1n) is 7.39. The van der Waals surface area contributed by atoms with E-state index in [9.17, 15) is 9.59 Å². The molecule has 1 saturated carbocycles. The fourth-order valence-electron chi connectivity index (χ4n) is 2.46. The Morgan fingerprint density at radius 3 is 2.50 bits per heavy atom. The summed E-state index contributed by atoms with van der Waals surface area (Å²) in [6, 6.07) is 0. The molecule has 2 amide bonds. The van der Waals surface area contributed by atoms with Crippen LogP contribution in [0.3, 0.4) is 0 Å². The lowest BCUT2D eigenvalue weighted by atomic mass is 10.2. The van der Waals surface area contributed by atoms with Gasteiger partial charge in [-0.25, -0.2) is 0 Å². The number of ether oxygens (including phenoxy) is 1. The van der Waals surface area contributed by atoms with Crippen molar-refractivity contribution >= 4 is 11.8 Å². The summed E-state index contributed by atoms with van der Waals surface area (Å²) in [4.78, 5) is 25.7. The molecule has 1 heterocycles. The zero-order valence-electron chi connectivity index (χ0n) is 12.4. The second-order valence-electron chi connectivity index (χ2n) is 5.92. The third kappa shape index (κ3) is 4.45. The van der Waals surface area contributed by atoms with Crippen molar-refractivity contribution in [3.05, 3.63) is 0 Å². The lowest BCUT2D eigenvalue weighted by Gasteiger charge is -2.11. The quantitative estimate of drug-likeness (QED) is 0.667. The highest BCUT2D eigenvalue weighted by atomic mass is 16.5. The molecule has 2 N–H and O–H groups in total. The molecular weight excluding hydrogens is 258 g/mol. The molecule has 2 aliphatic rings. The fourth-order valence-corrected chi connectivity index (χ4v) is 2.46. The van der Waals surface area contributed by atoms with Gasteiger partial charge < -0.3 is 20.3 Å². The van der Waals surface area contributed by atoms with Gasteiger partial charge in [0.2, 0.25) is 11.8 Å². The number of amides is 2. The monoisotopic (exact) mass is 283 g/mol. The number of hydrogen-bond acceptors (Lipinski definition) is 4. The molecule has 0 spiro atoms. The van der Waals surface area contributed by atoms with E-state index in [1.54, 1.807) is 0 Å². The van der Waals surface area contributed by atoms with Gasteiger partial charge in [0.1, 0.15) is 0 Å². The van der Waals surface area contributed by atoms with Crippen molar-refractivity contribution in [3.8, 4) is 0 Å². The van der Waals surface area contributed by atoms with Crippen molar-refractivity contribution in [2.24, 2.45) is 11.8 Å². The summed E-state index contributed by atoms with van der Waals surface area (Å²) in [7, 11) is 3.93. The number of likely N-dealkylation sites (N-methyl/N-ethyl adjacent to an activating group) is 1. The standard InChI is InChI=1S/C14H25N3O3/c1-17(2)6-5-15-13(18)11-8-12(11)14(19)16-9-10-4-3-7-20-10/h10-12H,3-9H2,1-2H3,(H,15,18)(H,16,19). The molecule has 1 aliphatic heterocycles.